The SMILES string of the molecule is CCN(C)/C=N\c1cc(Cl)c(Oc2snc(C)c2Br)cc1C. The molecule has 0 N–H and O–H groups in total. The first kappa shape index (κ1) is 17.2. The van der Waals surface area contributed by atoms with Crippen LogP contribution < -0.4 is 4.74 Å². The molecule has 1 heterocycles. The number of aromatic nitrogens is 1. The molecule has 7 heteroatoms. The highest BCUT2D eigenvalue weighted by atomic mass is 79.9. The van der Waals surface area contributed by atoms with Crippen LogP contribution in [0, 0.1) is 13.8 Å². The maximum Gasteiger partial charge on any atom is 0.214 e. The molecule has 2 aromatic rings. The summed E-state index contributed by atoms with van der Waals surface area (Å²) in [6.07, 6.45) is 1.79. The molecule has 0 saturated carbocycles. The van der Waals surface area contributed by atoms with Crippen molar-refractivity contribution < 1.29 is 4.74 Å². The Bertz CT molecular complexity index is 702. The number of rotatable bonds is 5. The molecule has 118 valence electrons. The van der Waals surface area contributed by atoms with E-state index >= 15 is 0 Å². The lowest BCUT2D eigenvalue weighted by Crippen LogP contribution is -2.14. The Labute approximate surface area is 148 Å². The molecular weight excluding hydrogens is 386 g/mol. The van der Waals surface area contributed by atoms with E-state index in [9.17, 15) is 0 Å². The van der Waals surface area contributed by atoms with Gasteiger partial charge in [-0.3, -0.25) is 0 Å². The zero-order chi connectivity index (χ0) is 16.3. The number of hydrogen-bond donors (Lipinski definition) is 0. The first-order chi connectivity index (χ1) is 10.4. The number of hydrogen-bond acceptors (Lipinski definition) is 4. The maximum atomic E-state index is 6.32. The summed E-state index contributed by atoms with van der Waals surface area (Å²) in [5, 5.41) is 1.22. The number of aliphatic imine (C=N–C) groups is 1. The minimum absolute atomic E-state index is 0.523. The Hall–Kier alpha value is -1.11. The van der Waals surface area contributed by atoms with Gasteiger partial charge in [-0.15, -0.1) is 0 Å². The molecule has 22 heavy (non-hydrogen) atoms. The molecule has 4 nitrogen and oxygen atoms in total. The van der Waals surface area contributed by atoms with Gasteiger partial charge in [-0.05, 0) is 54.4 Å². The summed E-state index contributed by atoms with van der Waals surface area (Å²) < 4.78 is 11.0. The minimum atomic E-state index is 0.523. The van der Waals surface area contributed by atoms with Crippen LogP contribution in [0.3, 0.4) is 0 Å². The Morgan fingerprint density at radius 3 is 2.77 bits per heavy atom. The van der Waals surface area contributed by atoms with Crippen LogP contribution in [0.2, 0.25) is 5.02 Å². The second-order valence-corrected chi connectivity index (χ2v) is 6.79. The van der Waals surface area contributed by atoms with Crippen LogP contribution in [0.15, 0.2) is 21.6 Å². The van der Waals surface area contributed by atoms with Gasteiger partial charge in [0.1, 0.15) is 5.75 Å². The Morgan fingerprint density at radius 2 is 2.18 bits per heavy atom. The smallest absolute Gasteiger partial charge is 0.214 e. The van der Waals surface area contributed by atoms with Gasteiger partial charge >= 0.3 is 0 Å². The fourth-order valence-electron chi connectivity index (χ4n) is 1.61. The summed E-state index contributed by atoms with van der Waals surface area (Å²) in [4.78, 5) is 6.44. The minimum Gasteiger partial charge on any atom is -0.442 e. The average molecular weight is 403 g/mol. The van der Waals surface area contributed by atoms with Gasteiger partial charge in [-0.1, -0.05) is 11.6 Å². The van der Waals surface area contributed by atoms with E-state index in [0.29, 0.717) is 15.8 Å². The lowest BCUT2D eigenvalue weighted by molar-refractivity contribution is 0.493. The summed E-state index contributed by atoms with van der Waals surface area (Å²) in [6, 6.07) is 3.70. The van der Waals surface area contributed by atoms with Crippen molar-refractivity contribution in [2.24, 2.45) is 4.99 Å². The normalized spacial score (nSPS) is 11.2. The second-order valence-electron chi connectivity index (χ2n) is 4.86. The van der Waals surface area contributed by atoms with Crippen LogP contribution >= 0.6 is 39.1 Å². The molecule has 0 aliphatic rings. The zero-order valence-corrected chi connectivity index (χ0v) is 16.0. The third kappa shape index (κ3) is 4.00. The molecule has 0 unspecified atom stereocenters. The molecule has 0 aliphatic carbocycles. The van der Waals surface area contributed by atoms with Gasteiger partial charge in [0.05, 0.1) is 27.2 Å². The molecule has 0 spiro atoms. The zero-order valence-electron chi connectivity index (χ0n) is 12.9. The van der Waals surface area contributed by atoms with Gasteiger partial charge in [0.25, 0.3) is 0 Å². The topological polar surface area (TPSA) is 37.7 Å². The highest BCUT2D eigenvalue weighted by molar-refractivity contribution is 9.10. The van der Waals surface area contributed by atoms with Gasteiger partial charge in [-0.2, -0.15) is 4.37 Å². The Morgan fingerprint density at radius 1 is 1.45 bits per heavy atom. The first-order valence-corrected chi connectivity index (χ1v) is 8.71. The molecule has 0 bridgehead atoms. The highest BCUT2D eigenvalue weighted by Crippen LogP contribution is 2.40. The summed E-state index contributed by atoms with van der Waals surface area (Å²) >= 11 is 11.1. The highest BCUT2D eigenvalue weighted by Gasteiger charge is 2.13. The van der Waals surface area contributed by atoms with Crippen molar-refractivity contribution >= 4 is 51.1 Å². The number of ether oxygens (including phenoxy) is 1. The average Bonchev–Trinajstić information content (AvgIpc) is 2.80. The van der Waals surface area contributed by atoms with Crippen LogP contribution in [0.1, 0.15) is 18.2 Å². The number of nitrogens with zero attached hydrogens (tertiary/aromatic N) is 3. The molecule has 2 rings (SSSR count). The predicted octanol–water partition coefficient (Wildman–Crippen LogP) is 5.58. The van der Waals surface area contributed by atoms with Crippen LogP contribution in [-0.4, -0.2) is 29.2 Å². The van der Waals surface area contributed by atoms with E-state index in [1.165, 1.54) is 11.5 Å². The molecule has 1 aromatic heterocycles. The molecule has 1 aromatic carbocycles. The van der Waals surface area contributed by atoms with Gasteiger partial charge in [0.15, 0.2) is 0 Å². The maximum absolute atomic E-state index is 6.32. The second kappa shape index (κ2) is 7.44. The molecule has 0 atom stereocenters. The summed E-state index contributed by atoms with van der Waals surface area (Å²) in [5.41, 5.74) is 2.73. The largest absolute Gasteiger partial charge is 0.442 e. The fraction of sp³-hybridized carbons (Fsp3) is 0.333. The van der Waals surface area contributed by atoms with Crippen LogP contribution in [-0.2, 0) is 0 Å². The van der Waals surface area contributed by atoms with Crippen molar-refractivity contribution in [2.45, 2.75) is 20.8 Å². The molecule has 0 saturated heterocycles. The van der Waals surface area contributed by atoms with Crippen LogP contribution in [0.25, 0.3) is 0 Å². The summed E-state index contributed by atoms with van der Waals surface area (Å²) in [7, 11) is 1.97. The van der Waals surface area contributed by atoms with Crippen LogP contribution in [0.5, 0.6) is 10.8 Å². The van der Waals surface area contributed by atoms with Gasteiger partial charge in [-0.25, -0.2) is 4.99 Å². The van der Waals surface area contributed by atoms with Crippen molar-refractivity contribution in [1.82, 2.24) is 9.27 Å². The third-order valence-corrected chi connectivity index (χ3v) is 5.42. The molecule has 0 radical (unpaired) electrons. The lowest BCUT2D eigenvalue weighted by atomic mass is 10.2. The third-order valence-electron chi connectivity index (χ3n) is 3.11. The van der Waals surface area contributed by atoms with Crippen molar-refractivity contribution in [1.29, 1.82) is 0 Å². The van der Waals surface area contributed by atoms with Gasteiger partial charge < -0.3 is 9.64 Å². The van der Waals surface area contributed by atoms with E-state index in [-0.39, 0.29) is 0 Å². The van der Waals surface area contributed by atoms with E-state index in [4.69, 9.17) is 16.3 Å². The van der Waals surface area contributed by atoms with E-state index in [1.54, 1.807) is 6.34 Å². The number of halogens is 2. The summed E-state index contributed by atoms with van der Waals surface area (Å²) in [6.45, 7) is 6.87. The van der Waals surface area contributed by atoms with E-state index < -0.39 is 0 Å². The monoisotopic (exact) mass is 401 g/mol. The molecule has 0 fully saturated rings. The lowest BCUT2D eigenvalue weighted by Gasteiger charge is -2.11. The summed E-state index contributed by atoms with van der Waals surface area (Å²) in [5.74, 6) is 0.603. The van der Waals surface area contributed by atoms with Gasteiger partial charge in [0, 0.05) is 25.1 Å². The van der Waals surface area contributed by atoms with Crippen molar-refractivity contribution in [2.75, 3.05) is 13.6 Å². The van der Waals surface area contributed by atoms with Gasteiger partial charge in [0.2, 0.25) is 5.06 Å². The fourth-order valence-corrected chi connectivity index (χ4v) is 2.97. The van der Waals surface area contributed by atoms with E-state index in [0.717, 1.165) is 28.0 Å². The molecular formula is C15H17BrClN3OS. The Balaban J connectivity index is 2.26. The van der Waals surface area contributed by atoms with Crippen molar-refractivity contribution in [3.8, 4) is 10.8 Å². The Kier molecular flexibility index (Phi) is 5.83. The molecule has 0 amide bonds. The van der Waals surface area contributed by atoms with E-state index in [1.807, 2.05) is 37.9 Å². The number of benzene rings is 1. The van der Waals surface area contributed by atoms with Crippen molar-refractivity contribution in [3.05, 3.63) is 32.9 Å². The van der Waals surface area contributed by atoms with E-state index in [2.05, 4.69) is 32.2 Å². The quantitative estimate of drug-likeness (QED) is 0.484. The standard InChI is InChI=1S/C15H17BrClN3OS/c1-5-20(4)8-18-12-7-11(17)13(6-9(12)2)21-15-14(16)10(3)19-22-15/h6-8H,5H2,1-4H3/b18-8-. The molecule has 0 aliphatic heterocycles. The predicted molar refractivity (Wildman–Crippen MR) is 97.3 cm³/mol. The first-order valence-electron chi connectivity index (χ1n) is 6.76. The van der Waals surface area contributed by atoms with Crippen LogP contribution in [0.4, 0.5) is 5.69 Å². The number of aryl methyl sites for hydroxylation is 2. The van der Waals surface area contributed by atoms with Crippen molar-refractivity contribution in [3.63, 3.8) is 0 Å².